The van der Waals surface area contributed by atoms with Crippen LogP contribution in [-0.4, -0.2) is 9.97 Å². The maximum Gasteiger partial charge on any atom is 0.288 e. The summed E-state index contributed by atoms with van der Waals surface area (Å²) in [6.07, 6.45) is 0.761. The summed E-state index contributed by atoms with van der Waals surface area (Å²) in [4.78, 5) is 8.43. The van der Waals surface area contributed by atoms with Crippen LogP contribution in [0.4, 0.5) is 0 Å². The van der Waals surface area contributed by atoms with Crippen molar-refractivity contribution < 1.29 is 8.83 Å². The number of hydrogen-bond acceptors (Lipinski definition) is 4. The van der Waals surface area contributed by atoms with E-state index in [2.05, 4.69) is 9.97 Å². The molecule has 2 rings (SSSR count). The Morgan fingerprint density at radius 3 is 2.21 bits per heavy atom. The summed E-state index contributed by atoms with van der Waals surface area (Å²) < 4.78 is 10.9. The molecule has 0 saturated carbocycles. The predicted octanol–water partition coefficient (Wildman–Crippen LogP) is 2.68. The van der Waals surface area contributed by atoms with E-state index < -0.39 is 0 Å². The summed E-state index contributed by atoms with van der Waals surface area (Å²) in [5.74, 6) is 1.34. The van der Waals surface area contributed by atoms with E-state index in [4.69, 9.17) is 8.83 Å². The molecule has 14 heavy (non-hydrogen) atoms. The molecule has 4 nitrogen and oxygen atoms in total. The zero-order valence-electron chi connectivity index (χ0n) is 8.92. The van der Waals surface area contributed by atoms with E-state index in [-0.39, 0.29) is 5.41 Å². The van der Waals surface area contributed by atoms with Crippen LogP contribution in [0.3, 0.4) is 0 Å². The lowest BCUT2D eigenvalue weighted by atomic mass is 9.97. The third-order valence-electron chi connectivity index (χ3n) is 1.96. The van der Waals surface area contributed by atoms with Gasteiger partial charge < -0.3 is 8.83 Å². The first-order valence-electron chi connectivity index (χ1n) is 4.77. The van der Waals surface area contributed by atoms with Gasteiger partial charge in [0.25, 0.3) is 11.4 Å². The molecule has 4 heteroatoms. The SMILES string of the molecule is CCc1nc2oc(C(C)(C)C)nc2o1. The fraction of sp³-hybridized carbons (Fsp3) is 0.600. The number of rotatable bonds is 1. The normalized spacial score (nSPS) is 12.6. The van der Waals surface area contributed by atoms with Crippen LogP contribution in [0.15, 0.2) is 8.83 Å². The van der Waals surface area contributed by atoms with E-state index in [9.17, 15) is 0 Å². The van der Waals surface area contributed by atoms with Gasteiger partial charge in [-0.1, -0.05) is 27.7 Å². The number of oxazole rings is 2. The van der Waals surface area contributed by atoms with Gasteiger partial charge in [0.2, 0.25) is 5.89 Å². The maximum atomic E-state index is 5.50. The van der Waals surface area contributed by atoms with Crippen LogP contribution in [0.25, 0.3) is 11.4 Å². The van der Waals surface area contributed by atoms with Gasteiger partial charge in [0.1, 0.15) is 0 Å². The second kappa shape index (κ2) is 2.83. The molecule has 0 N–H and O–H groups in total. The molecule has 0 bridgehead atoms. The van der Waals surface area contributed by atoms with Gasteiger partial charge in [-0.25, -0.2) is 0 Å². The Balaban J connectivity index is 2.49. The van der Waals surface area contributed by atoms with Crippen molar-refractivity contribution in [2.24, 2.45) is 0 Å². The standard InChI is InChI=1S/C10H14N2O2/c1-5-6-11-7-8(13-6)12-9(14-7)10(2,3)4/h5H2,1-4H3. The average molecular weight is 194 g/mol. The molecule has 2 aromatic rings. The summed E-state index contributed by atoms with van der Waals surface area (Å²) in [6, 6.07) is 0. The van der Waals surface area contributed by atoms with Gasteiger partial charge in [0, 0.05) is 11.8 Å². The van der Waals surface area contributed by atoms with E-state index in [0.717, 1.165) is 6.42 Å². The molecule has 0 aromatic carbocycles. The first kappa shape index (κ1) is 9.24. The topological polar surface area (TPSA) is 52.1 Å². The smallest absolute Gasteiger partial charge is 0.288 e. The van der Waals surface area contributed by atoms with Gasteiger partial charge >= 0.3 is 0 Å². The van der Waals surface area contributed by atoms with Crippen molar-refractivity contribution in [3.63, 3.8) is 0 Å². The number of hydrogen-bond donors (Lipinski definition) is 0. The summed E-state index contributed by atoms with van der Waals surface area (Å²) >= 11 is 0. The first-order chi connectivity index (χ1) is 6.50. The van der Waals surface area contributed by atoms with E-state index in [1.54, 1.807) is 0 Å². The highest BCUT2D eigenvalue weighted by atomic mass is 16.4. The van der Waals surface area contributed by atoms with E-state index in [1.807, 2.05) is 27.7 Å². The summed E-state index contributed by atoms with van der Waals surface area (Å²) in [5, 5.41) is 0. The zero-order chi connectivity index (χ0) is 10.3. The quantitative estimate of drug-likeness (QED) is 0.700. The zero-order valence-corrected chi connectivity index (χ0v) is 8.92. The van der Waals surface area contributed by atoms with Crippen LogP contribution < -0.4 is 0 Å². The fourth-order valence-corrected chi connectivity index (χ4v) is 1.15. The van der Waals surface area contributed by atoms with Gasteiger partial charge in [0.05, 0.1) is 0 Å². The van der Waals surface area contributed by atoms with Crippen molar-refractivity contribution in [2.45, 2.75) is 39.5 Å². The van der Waals surface area contributed by atoms with Crippen molar-refractivity contribution >= 4 is 11.4 Å². The van der Waals surface area contributed by atoms with Gasteiger partial charge in [-0.3, -0.25) is 0 Å². The summed E-state index contributed by atoms with van der Waals surface area (Å²) in [7, 11) is 0. The molecule has 0 aliphatic rings. The van der Waals surface area contributed by atoms with E-state index in [1.165, 1.54) is 0 Å². The first-order valence-corrected chi connectivity index (χ1v) is 4.77. The van der Waals surface area contributed by atoms with Gasteiger partial charge in [0.15, 0.2) is 5.89 Å². The van der Waals surface area contributed by atoms with Crippen molar-refractivity contribution in [1.82, 2.24) is 9.97 Å². The minimum Gasteiger partial charge on any atom is -0.420 e. The molecule has 0 aliphatic heterocycles. The molecule has 2 aromatic heterocycles. The highest BCUT2D eigenvalue weighted by molar-refractivity contribution is 5.60. The van der Waals surface area contributed by atoms with Crippen molar-refractivity contribution in [1.29, 1.82) is 0 Å². The van der Waals surface area contributed by atoms with Crippen molar-refractivity contribution in [3.05, 3.63) is 11.8 Å². The maximum absolute atomic E-state index is 5.50. The minimum atomic E-state index is -0.102. The summed E-state index contributed by atoms with van der Waals surface area (Å²) in [6.45, 7) is 8.10. The number of aryl methyl sites for hydroxylation is 1. The molecule has 0 aliphatic carbocycles. The van der Waals surface area contributed by atoms with Crippen LogP contribution >= 0.6 is 0 Å². The van der Waals surface area contributed by atoms with Crippen LogP contribution in [0.2, 0.25) is 0 Å². The highest BCUT2D eigenvalue weighted by Gasteiger charge is 2.23. The van der Waals surface area contributed by atoms with Gasteiger partial charge in [-0.2, -0.15) is 9.97 Å². The molecule has 0 radical (unpaired) electrons. The van der Waals surface area contributed by atoms with Crippen molar-refractivity contribution in [3.8, 4) is 0 Å². The third kappa shape index (κ3) is 1.41. The average Bonchev–Trinajstić information content (AvgIpc) is 2.56. The third-order valence-corrected chi connectivity index (χ3v) is 1.96. The molecule has 2 heterocycles. The molecule has 76 valence electrons. The molecular formula is C10H14N2O2. The fourth-order valence-electron chi connectivity index (χ4n) is 1.15. The largest absolute Gasteiger partial charge is 0.420 e. The molecule has 0 unspecified atom stereocenters. The van der Waals surface area contributed by atoms with Crippen molar-refractivity contribution in [2.75, 3.05) is 0 Å². The Bertz CT molecular complexity index is 417. The Labute approximate surface area is 82.3 Å². The lowest BCUT2D eigenvalue weighted by Gasteiger charge is -2.11. The number of aromatic nitrogens is 2. The minimum absolute atomic E-state index is 0.102. The Morgan fingerprint density at radius 1 is 1.07 bits per heavy atom. The monoisotopic (exact) mass is 194 g/mol. The van der Waals surface area contributed by atoms with E-state index in [0.29, 0.717) is 23.2 Å². The van der Waals surface area contributed by atoms with Crippen LogP contribution in [0, 0.1) is 0 Å². The lowest BCUT2D eigenvalue weighted by molar-refractivity contribution is 0.403. The molecule has 0 atom stereocenters. The molecular weight excluding hydrogens is 180 g/mol. The van der Waals surface area contributed by atoms with E-state index >= 15 is 0 Å². The highest BCUT2D eigenvalue weighted by Crippen LogP contribution is 2.25. The lowest BCUT2D eigenvalue weighted by Crippen LogP contribution is -2.11. The van der Waals surface area contributed by atoms with Gasteiger partial charge in [-0.05, 0) is 0 Å². The molecule has 0 amide bonds. The second-order valence-electron chi connectivity index (χ2n) is 4.34. The summed E-state index contributed by atoms with van der Waals surface area (Å²) in [5.41, 5.74) is 0.911. The Kier molecular flexibility index (Phi) is 1.87. The Hall–Kier alpha value is -1.32. The number of nitrogens with zero attached hydrogens (tertiary/aromatic N) is 2. The number of fused-ring (bicyclic) bond motifs is 1. The predicted molar refractivity (Wildman–Crippen MR) is 52.1 cm³/mol. The molecule has 0 spiro atoms. The van der Waals surface area contributed by atoms with Crippen LogP contribution in [-0.2, 0) is 11.8 Å². The molecule has 0 saturated heterocycles. The second-order valence-corrected chi connectivity index (χ2v) is 4.34. The van der Waals surface area contributed by atoms with Crippen LogP contribution in [0.1, 0.15) is 39.5 Å². The Morgan fingerprint density at radius 2 is 1.71 bits per heavy atom. The van der Waals surface area contributed by atoms with Gasteiger partial charge in [-0.15, -0.1) is 0 Å². The molecule has 0 fully saturated rings. The van der Waals surface area contributed by atoms with Crippen LogP contribution in [0.5, 0.6) is 0 Å².